The smallest absolute Gasteiger partial charge is 0.254 e. The van der Waals surface area contributed by atoms with Crippen molar-refractivity contribution in [2.75, 3.05) is 56.7 Å². The molecule has 3 aromatic rings. The molecule has 0 radical (unpaired) electrons. The highest BCUT2D eigenvalue weighted by Crippen LogP contribution is 2.40. The molecule has 0 bridgehead atoms. The molecular weight excluding hydrogens is 627 g/mol. The Morgan fingerprint density at radius 1 is 0.978 bits per heavy atom. The number of likely N-dealkylation sites (N-methyl/N-ethyl adjacent to an activating group) is 1. The van der Waals surface area contributed by atoms with E-state index in [1.807, 2.05) is 37.3 Å². The normalized spacial score (nSPS) is 13.6. The molecule has 1 aliphatic heterocycles. The molecule has 2 aromatic carbocycles. The Balaban J connectivity index is 0.00000368. The lowest BCUT2D eigenvalue weighted by Crippen LogP contribution is -2.47. The number of benzene rings is 2. The summed E-state index contributed by atoms with van der Waals surface area (Å²) in [5.74, 6) is -0.0511. The predicted octanol–water partition coefficient (Wildman–Crippen LogP) is 5.20. The SMILES string of the molecule is CCN1C(=O)C(C)(C)C(=O)N(C)c2cc(OCCCN(CCN(C)C(=O)c3ccccc3C#N)Cc3ccncc3)ccc21.Cl.Cl. The highest BCUT2D eigenvalue weighted by atomic mass is 35.5. The van der Waals surface area contributed by atoms with Gasteiger partial charge in [-0.2, -0.15) is 5.26 Å². The van der Waals surface area contributed by atoms with E-state index in [9.17, 15) is 19.6 Å². The van der Waals surface area contributed by atoms with Crippen molar-refractivity contribution in [2.45, 2.75) is 33.7 Å². The van der Waals surface area contributed by atoms with E-state index in [2.05, 4.69) is 16.0 Å². The number of carbonyl (C=O) groups excluding carboxylic acids is 3. The molecule has 246 valence electrons. The third kappa shape index (κ3) is 8.55. The van der Waals surface area contributed by atoms with Crippen molar-refractivity contribution in [1.29, 1.82) is 5.26 Å². The fourth-order valence-electron chi connectivity index (χ4n) is 5.33. The van der Waals surface area contributed by atoms with Gasteiger partial charge in [0.15, 0.2) is 0 Å². The van der Waals surface area contributed by atoms with E-state index >= 15 is 0 Å². The molecule has 0 saturated heterocycles. The van der Waals surface area contributed by atoms with E-state index < -0.39 is 5.41 Å². The molecule has 46 heavy (non-hydrogen) atoms. The Labute approximate surface area is 283 Å². The van der Waals surface area contributed by atoms with Gasteiger partial charge in [0.25, 0.3) is 5.91 Å². The van der Waals surface area contributed by atoms with Gasteiger partial charge in [-0.1, -0.05) is 12.1 Å². The number of ether oxygens (including phenoxy) is 1. The first kappa shape index (κ1) is 38.0. The minimum absolute atomic E-state index is 0. The summed E-state index contributed by atoms with van der Waals surface area (Å²) in [6.07, 6.45) is 4.25. The van der Waals surface area contributed by atoms with Crippen molar-refractivity contribution in [3.05, 3.63) is 83.7 Å². The van der Waals surface area contributed by atoms with Crippen LogP contribution < -0.4 is 14.5 Å². The molecule has 0 N–H and O–H groups in total. The minimum Gasteiger partial charge on any atom is -0.493 e. The standard InChI is InChI=1S/C34H40N6O4.2ClH/c1-6-40-29-13-12-27(22-30(29)38(5)32(42)34(2,3)33(40)43)44-21-9-18-39(24-25-14-16-36-17-15-25)20-19-37(4)31(41)28-11-8-7-10-26(28)23-35;;/h7-8,10-17,22H,6,9,18-21,24H2,1-5H3;2*1H. The summed E-state index contributed by atoms with van der Waals surface area (Å²) in [5, 5.41) is 9.40. The van der Waals surface area contributed by atoms with Gasteiger partial charge in [0.1, 0.15) is 11.2 Å². The minimum atomic E-state index is -1.17. The molecule has 3 amide bonds. The summed E-state index contributed by atoms with van der Waals surface area (Å²) >= 11 is 0. The summed E-state index contributed by atoms with van der Waals surface area (Å²) in [6, 6.07) is 18.4. The number of carbonyl (C=O) groups is 3. The van der Waals surface area contributed by atoms with Crippen LogP contribution in [0.15, 0.2) is 67.0 Å². The zero-order valence-corrected chi connectivity index (χ0v) is 28.6. The average Bonchev–Trinajstić information content (AvgIpc) is 3.09. The first-order chi connectivity index (χ1) is 21.1. The topological polar surface area (TPSA) is 110 Å². The molecule has 0 unspecified atom stereocenters. The molecule has 1 aromatic heterocycles. The van der Waals surface area contributed by atoms with Crippen LogP contribution in [-0.2, 0) is 16.1 Å². The van der Waals surface area contributed by atoms with Gasteiger partial charge in [-0.3, -0.25) is 24.3 Å². The van der Waals surface area contributed by atoms with Crippen LogP contribution in [0.25, 0.3) is 0 Å². The van der Waals surface area contributed by atoms with Crippen LogP contribution in [0.1, 0.15) is 48.7 Å². The van der Waals surface area contributed by atoms with Gasteiger partial charge >= 0.3 is 0 Å². The van der Waals surface area contributed by atoms with E-state index in [1.165, 1.54) is 0 Å². The second-order valence-corrected chi connectivity index (χ2v) is 11.4. The first-order valence-electron chi connectivity index (χ1n) is 14.8. The number of nitriles is 1. The monoisotopic (exact) mass is 668 g/mol. The van der Waals surface area contributed by atoms with Gasteiger partial charge in [-0.05, 0) is 69.2 Å². The highest BCUT2D eigenvalue weighted by Gasteiger charge is 2.45. The summed E-state index contributed by atoms with van der Waals surface area (Å²) < 4.78 is 6.12. The lowest BCUT2D eigenvalue weighted by molar-refractivity contribution is -0.137. The van der Waals surface area contributed by atoms with Crippen LogP contribution in [0.2, 0.25) is 0 Å². The Morgan fingerprint density at radius 2 is 1.67 bits per heavy atom. The van der Waals surface area contributed by atoms with E-state index in [1.54, 1.807) is 79.3 Å². The zero-order valence-electron chi connectivity index (χ0n) is 26.9. The number of amides is 3. The van der Waals surface area contributed by atoms with Crippen LogP contribution in [-0.4, -0.2) is 79.4 Å². The van der Waals surface area contributed by atoms with E-state index in [4.69, 9.17) is 4.74 Å². The number of hydrogen-bond acceptors (Lipinski definition) is 7. The molecule has 1 aliphatic rings. The Hall–Kier alpha value is -4.17. The molecular formula is C34H42Cl2N6O4. The summed E-state index contributed by atoms with van der Waals surface area (Å²) in [7, 11) is 3.44. The molecule has 2 heterocycles. The predicted molar refractivity (Wildman–Crippen MR) is 184 cm³/mol. The average molecular weight is 670 g/mol. The Morgan fingerprint density at radius 3 is 2.35 bits per heavy atom. The second-order valence-electron chi connectivity index (χ2n) is 11.4. The lowest BCUT2D eigenvalue weighted by Gasteiger charge is -2.27. The number of rotatable bonds is 12. The van der Waals surface area contributed by atoms with Crippen LogP contribution in [0.3, 0.4) is 0 Å². The van der Waals surface area contributed by atoms with Crippen molar-refractivity contribution in [1.82, 2.24) is 14.8 Å². The third-order valence-corrected chi connectivity index (χ3v) is 7.95. The van der Waals surface area contributed by atoms with E-state index in [0.717, 1.165) is 18.5 Å². The van der Waals surface area contributed by atoms with E-state index in [-0.39, 0.29) is 42.5 Å². The van der Waals surface area contributed by atoms with Gasteiger partial charge in [0.2, 0.25) is 11.8 Å². The van der Waals surface area contributed by atoms with Crippen LogP contribution >= 0.6 is 24.8 Å². The van der Waals surface area contributed by atoms with Crippen LogP contribution in [0.5, 0.6) is 5.75 Å². The largest absolute Gasteiger partial charge is 0.493 e. The molecule has 0 fully saturated rings. The van der Waals surface area contributed by atoms with Gasteiger partial charge in [0, 0.05) is 65.3 Å². The molecule has 4 rings (SSSR count). The number of fused-ring (bicyclic) bond motifs is 1. The Kier molecular flexibility index (Phi) is 14.0. The fourth-order valence-corrected chi connectivity index (χ4v) is 5.33. The number of hydrogen-bond donors (Lipinski definition) is 0. The van der Waals surface area contributed by atoms with Crippen LogP contribution in [0.4, 0.5) is 11.4 Å². The summed E-state index contributed by atoms with van der Waals surface area (Å²) in [4.78, 5) is 50.6. The summed E-state index contributed by atoms with van der Waals surface area (Å²) in [5.41, 5.74) is 2.03. The van der Waals surface area contributed by atoms with Crippen molar-refractivity contribution in [3.8, 4) is 11.8 Å². The number of halogens is 2. The van der Waals surface area contributed by atoms with Gasteiger partial charge in [-0.25, -0.2) is 0 Å². The maximum absolute atomic E-state index is 13.2. The van der Waals surface area contributed by atoms with Gasteiger partial charge in [0.05, 0.1) is 35.2 Å². The molecule has 10 nitrogen and oxygen atoms in total. The number of anilines is 2. The second kappa shape index (κ2) is 16.9. The van der Waals surface area contributed by atoms with Crippen molar-refractivity contribution in [2.24, 2.45) is 5.41 Å². The molecule has 0 aliphatic carbocycles. The fraction of sp³-hybridized carbons (Fsp3) is 0.382. The lowest BCUT2D eigenvalue weighted by atomic mass is 9.90. The highest BCUT2D eigenvalue weighted by molar-refractivity contribution is 6.20. The molecule has 0 atom stereocenters. The molecule has 0 saturated carbocycles. The van der Waals surface area contributed by atoms with Crippen LogP contribution in [0, 0.1) is 16.7 Å². The Bertz CT molecular complexity index is 1550. The quantitative estimate of drug-likeness (QED) is 0.193. The van der Waals surface area contributed by atoms with Gasteiger partial charge < -0.3 is 19.4 Å². The van der Waals surface area contributed by atoms with Crippen molar-refractivity contribution in [3.63, 3.8) is 0 Å². The molecule has 12 heteroatoms. The maximum Gasteiger partial charge on any atom is 0.254 e. The first-order valence-corrected chi connectivity index (χ1v) is 14.8. The van der Waals surface area contributed by atoms with Gasteiger partial charge in [-0.15, -0.1) is 24.8 Å². The number of pyridine rings is 1. The summed E-state index contributed by atoms with van der Waals surface area (Å²) in [6.45, 7) is 8.63. The van der Waals surface area contributed by atoms with Crippen molar-refractivity contribution < 1.29 is 19.1 Å². The number of aromatic nitrogens is 1. The third-order valence-electron chi connectivity index (χ3n) is 7.95. The maximum atomic E-state index is 13.2. The number of nitrogens with zero attached hydrogens (tertiary/aromatic N) is 6. The molecule has 0 spiro atoms. The van der Waals surface area contributed by atoms with Crippen molar-refractivity contribution >= 4 is 53.9 Å². The zero-order chi connectivity index (χ0) is 31.9. The van der Waals surface area contributed by atoms with E-state index in [0.29, 0.717) is 61.0 Å².